The van der Waals surface area contributed by atoms with Crippen LogP contribution in [-0.2, 0) is 14.8 Å². The molecule has 0 saturated carbocycles. The van der Waals surface area contributed by atoms with Crippen LogP contribution in [0.5, 0.6) is 0 Å². The van der Waals surface area contributed by atoms with Crippen molar-refractivity contribution in [1.82, 2.24) is 14.4 Å². The maximum Gasteiger partial charge on any atom is 0.248 e. The highest BCUT2D eigenvalue weighted by molar-refractivity contribution is 7.89. The second kappa shape index (κ2) is 5.51. The Bertz CT molecular complexity index is 582. The number of hydrogen-bond donors (Lipinski definition) is 1. The zero-order chi connectivity index (χ0) is 14.9. The Morgan fingerprint density at radius 2 is 1.90 bits per heavy atom. The van der Waals surface area contributed by atoms with Crippen molar-refractivity contribution in [2.24, 2.45) is 5.73 Å². The average molecular weight is 302 g/mol. The van der Waals surface area contributed by atoms with Gasteiger partial charge in [-0.3, -0.25) is 9.69 Å². The van der Waals surface area contributed by atoms with Gasteiger partial charge in [0.25, 0.3) is 0 Å². The number of amides is 1. The van der Waals surface area contributed by atoms with E-state index in [9.17, 15) is 13.2 Å². The number of carbonyl (C=O) groups is 1. The standard InChI is InChI=1S/C11H18N4O4S/c1-8-11(9(2)19-13-8)20(17,18)15-5-3-14(4-6-15)7-10(12)16/h3-7H2,1-2H3,(H2,12,16). The number of nitrogens with zero attached hydrogens (tertiary/aromatic N) is 3. The molecule has 0 aliphatic carbocycles. The molecule has 20 heavy (non-hydrogen) atoms. The molecule has 1 aliphatic heterocycles. The van der Waals surface area contributed by atoms with Crippen molar-refractivity contribution in [2.75, 3.05) is 32.7 Å². The molecule has 0 unspecified atom stereocenters. The van der Waals surface area contributed by atoms with E-state index in [4.69, 9.17) is 10.3 Å². The first-order chi connectivity index (χ1) is 9.32. The van der Waals surface area contributed by atoms with Crippen molar-refractivity contribution in [2.45, 2.75) is 18.7 Å². The number of piperazine rings is 1. The maximum atomic E-state index is 12.5. The van der Waals surface area contributed by atoms with Crippen LogP contribution in [0.3, 0.4) is 0 Å². The number of sulfonamides is 1. The van der Waals surface area contributed by atoms with Crippen LogP contribution in [0, 0.1) is 13.8 Å². The quantitative estimate of drug-likeness (QED) is 0.770. The first kappa shape index (κ1) is 14.9. The first-order valence-corrected chi connectivity index (χ1v) is 7.70. The number of aromatic nitrogens is 1. The lowest BCUT2D eigenvalue weighted by molar-refractivity contribution is -0.119. The van der Waals surface area contributed by atoms with Gasteiger partial charge in [-0.2, -0.15) is 4.31 Å². The molecular weight excluding hydrogens is 284 g/mol. The van der Waals surface area contributed by atoms with E-state index in [2.05, 4.69) is 5.16 Å². The lowest BCUT2D eigenvalue weighted by Crippen LogP contribution is -2.50. The molecular formula is C11H18N4O4S. The van der Waals surface area contributed by atoms with Crippen LogP contribution in [0.4, 0.5) is 0 Å². The van der Waals surface area contributed by atoms with Gasteiger partial charge in [-0.25, -0.2) is 8.42 Å². The largest absolute Gasteiger partial charge is 0.369 e. The van der Waals surface area contributed by atoms with E-state index in [1.54, 1.807) is 13.8 Å². The topological polar surface area (TPSA) is 110 Å². The van der Waals surface area contributed by atoms with Gasteiger partial charge in [0.05, 0.1) is 6.54 Å². The summed E-state index contributed by atoms with van der Waals surface area (Å²) in [4.78, 5) is 12.8. The molecule has 0 aromatic carbocycles. The van der Waals surface area contributed by atoms with E-state index < -0.39 is 15.9 Å². The van der Waals surface area contributed by atoms with Gasteiger partial charge in [0.15, 0.2) is 5.76 Å². The highest BCUT2D eigenvalue weighted by atomic mass is 32.2. The molecule has 1 fully saturated rings. The van der Waals surface area contributed by atoms with Crippen LogP contribution in [0.1, 0.15) is 11.5 Å². The fraction of sp³-hybridized carbons (Fsp3) is 0.636. The minimum Gasteiger partial charge on any atom is -0.369 e. The van der Waals surface area contributed by atoms with Crippen molar-refractivity contribution in [3.8, 4) is 0 Å². The summed E-state index contributed by atoms with van der Waals surface area (Å²) in [5, 5.41) is 3.68. The fourth-order valence-electron chi connectivity index (χ4n) is 2.32. The van der Waals surface area contributed by atoms with E-state index in [0.717, 1.165) is 0 Å². The normalized spacial score (nSPS) is 18.3. The van der Waals surface area contributed by atoms with Crippen LogP contribution in [-0.4, -0.2) is 61.4 Å². The van der Waals surface area contributed by atoms with Crippen LogP contribution in [0.15, 0.2) is 9.42 Å². The van der Waals surface area contributed by atoms with Gasteiger partial charge >= 0.3 is 0 Å². The molecule has 1 aliphatic rings. The van der Waals surface area contributed by atoms with E-state index in [1.165, 1.54) is 4.31 Å². The van der Waals surface area contributed by atoms with Gasteiger partial charge in [0.1, 0.15) is 10.6 Å². The third-order valence-electron chi connectivity index (χ3n) is 3.28. The van der Waals surface area contributed by atoms with Crippen molar-refractivity contribution in [3.63, 3.8) is 0 Å². The van der Waals surface area contributed by atoms with Crippen molar-refractivity contribution >= 4 is 15.9 Å². The van der Waals surface area contributed by atoms with Crippen molar-refractivity contribution in [1.29, 1.82) is 0 Å². The lowest BCUT2D eigenvalue weighted by atomic mass is 10.3. The third kappa shape index (κ3) is 2.84. The number of hydrogen-bond acceptors (Lipinski definition) is 6. The van der Waals surface area contributed by atoms with Gasteiger partial charge in [0, 0.05) is 26.2 Å². The number of aryl methyl sites for hydroxylation is 2. The van der Waals surface area contributed by atoms with Crippen molar-refractivity contribution in [3.05, 3.63) is 11.5 Å². The van der Waals surface area contributed by atoms with Gasteiger partial charge < -0.3 is 10.3 Å². The molecule has 0 atom stereocenters. The van der Waals surface area contributed by atoms with Crippen LogP contribution >= 0.6 is 0 Å². The molecule has 2 heterocycles. The Kier molecular flexibility index (Phi) is 4.11. The van der Waals surface area contributed by atoms with Gasteiger partial charge in [-0.1, -0.05) is 5.16 Å². The van der Waals surface area contributed by atoms with Crippen LogP contribution < -0.4 is 5.73 Å². The summed E-state index contributed by atoms with van der Waals surface area (Å²) in [6.07, 6.45) is 0. The Morgan fingerprint density at radius 1 is 1.30 bits per heavy atom. The summed E-state index contributed by atoms with van der Waals surface area (Å²) in [5.74, 6) is -0.117. The van der Waals surface area contributed by atoms with E-state index >= 15 is 0 Å². The molecule has 0 spiro atoms. The highest BCUT2D eigenvalue weighted by Crippen LogP contribution is 2.24. The fourth-order valence-corrected chi connectivity index (χ4v) is 4.03. The first-order valence-electron chi connectivity index (χ1n) is 6.26. The minimum atomic E-state index is -3.60. The third-order valence-corrected chi connectivity index (χ3v) is 5.42. The van der Waals surface area contributed by atoms with Gasteiger partial charge in [-0.05, 0) is 13.8 Å². The molecule has 9 heteroatoms. The highest BCUT2D eigenvalue weighted by Gasteiger charge is 2.33. The summed E-state index contributed by atoms with van der Waals surface area (Å²) >= 11 is 0. The van der Waals surface area contributed by atoms with E-state index in [0.29, 0.717) is 37.6 Å². The molecule has 8 nitrogen and oxygen atoms in total. The van der Waals surface area contributed by atoms with E-state index in [1.807, 2.05) is 4.90 Å². The zero-order valence-electron chi connectivity index (χ0n) is 11.5. The summed E-state index contributed by atoms with van der Waals surface area (Å²) in [6.45, 7) is 4.93. The molecule has 1 amide bonds. The summed E-state index contributed by atoms with van der Waals surface area (Å²) in [6, 6.07) is 0. The zero-order valence-corrected chi connectivity index (χ0v) is 12.3. The summed E-state index contributed by atoms with van der Waals surface area (Å²) in [7, 11) is -3.60. The molecule has 1 aromatic heterocycles. The Balaban J connectivity index is 2.12. The Hall–Kier alpha value is -1.45. The number of carbonyl (C=O) groups excluding carboxylic acids is 1. The predicted octanol–water partition coefficient (Wildman–Crippen LogP) is -0.917. The molecule has 0 bridgehead atoms. The van der Waals surface area contributed by atoms with E-state index in [-0.39, 0.29) is 11.4 Å². The molecule has 1 saturated heterocycles. The SMILES string of the molecule is Cc1noc(C)c1S(=O)(=O)N1CCN(CC(N)=O)CC1. The molecule has 2 rings (SSSR count). The minimum absolute atomic E-state index is 0.140. The molecule has 2 N–H and O–H groups in total. The van der Waals surface area contributed by atoms with Crippen LogP contribution in [0.25, 0.3) is 0 Å². The number of primary amides is 1. The Morgan fingerprint density at radius 3 is 2.35 bits per heavy atom. The molecule has 0 radical (unpaired) electrons. The maximum absolute atomic E-state index is 12.5. The summed E-state index contributed by atoms with van der Waals surface area (Å²) in [5.41, 5.74) is 5.49. The molecule has 112 valence electrons. The average Bonchev–Trinajstić information content (AvgIpc) is 2.69. The monoisotopic (exact) mass is 302 g/mol. The molecule has 1 aromatic rings. The predicted molar refractivity (Wildman–Crippen MR) is 70.4 cm³/mol. The van der Waals surface area contributed by atoms with Gasteiger partial charge in [0.2, 0.25) is 15.9 Å². The smallest absolute Gasteiger partial charge is 0.248 e. The second-order valence-corrected chi connectivity index (χ2v) is 6.67. The summed E-state index contributed by atoms with van der Waals surface area (Å²) < 4.78 is 31.4. The number of nitrogens with two attached hydrogens (primary N) is 1. The van der Waals surface area contributed by atoms with Gasteiger partial charge in [-0.15, -0.1) is 0 Å². The lowest BCUT2D eigenvalue weighted by Gasteiger charge is -2.33. The van der Waals surface area contributed by atoms with Crippen LogP contribution in [0.2, 0.25) is 0 Å². The van der Waals surface area contributed by atoms with Crippen molar-refractivity contribution < 1.29 is 17.7 Å². The number of rotatable bonds is 4. The second-order valence-electron chi connectivity index (χ2n) is 4.80. The Labute approximate surface area is 117 Å².